The highest BCUT2D eigenvalue weighted by Gasteiger charge is 2.28. The fourth-order valence-corrected chi connectivity index (χ4v) is 1.73. The number of hydrazine groups is 1. The van der Waals surface area contributed by atoms with Crippen molar-refractivity contribution in [2.75, 3.05) is 7.11 Å². The summed E-state index contributed by atoms with van der Waals surface area (Å²) in [5.74, 6) is 5.32. The first-order valence-electron chi connectivity index (χ1n) is 5.67. The lowest BCUT2D eigenvalue weighted by molar-refractivity contribution is -0.0101. The summed E-state index contributed by atoms with van der Waals surface area (Å²) < 4.78 is 18.6. The van der Waals surface area contributed by atoms with Gasteiger partial charge in [0.05, 0.1) is 11.6 Å². The topological polar surface area (TPSA) is 47.3 Å². The van der Waals surface area contributed by atoms with Crippen LogP contribution in [0.1, 0.15) is 25.0 Å². The van der Waals surface area contributed by atoms with Crippen molar-refractivity contribution in [1.82, 2.24) is 5.43 Å². The number of halogens is 1. The molecule has 0 saturated carbocycles. The van der Waals surface area contributed by atoms with Crippen LogP contribution in [-0.4, -0.2) is 18.8 Å². The molecule has 0 heterocycles. The summed E-state index contributed by atoms with van der Waals surface area (Å²) in [6.07, 6.45) is 0.626. The molecule has 4 heteroatoms. The standard InChI is InChI=1S/C13H21FN2O/c1-9-5-6-11(14)7-10(9)8-12(16-15)13(2,3)17-4/h5-7,12,16H,8,15H2,1-4H3. The molecule has 0 aromatic heterocycles. The molecule has 3 N–H and O–H groups in total. The normalized spacial score (nSPS) is 13.8. The minimum atomic E-state index is -0.409. The number of rotatable bonds is 5. The van der Waals surface area contributed by atoms with E-state index in [4.69, 9.17) is 10.6 Å². The largest absolute Gasteiger partial charge is 0.377 e. The van der Waals surface area contributed by atoms with E-state index >= 15 is 0 Å². The number of aryl methyl sites for hydroxylation is 1. The Balaban J connectivity index is 2.91. The van der Waals surface area contributed by atoms with E-state index in [-0.39, 0.29) is 11.9 Å². The summed E-state index contributed by atoms with van der Waals surface area (Å²) in [5, 5.41) is 0. The van der Waals surface area contributed by atoms with Crippen molar-refractivity contribution in [2.24, 2.45) is 5.84 Å². The summed E-state index contributed by atoms with van der Waals surface area (Å²) in [6, 6.07) is 4.71. The highest BCUT2D eigenvalue weighted by atomic mass is 19.1. The van der Waals surface area contributed by atoms with Crippen molar-refractivity contribution < 1.29 is 9.13 Å². The molecule has 0 amide bonds. The predicted molar refractivity (Wildman–Crippen MR) is 67.0 cm³/mol. The van der Waals surface area contributed by atoms with Gasteiger partial charge in [-0.15, -0.1) is 0 Å². The van der Waals surface area contributed by atoms with Gasteiger partial charge in [0.25, 0.3) is 0 Å². The zero-order valence-electron chi connectivity index (χ0n) is 10.9. The van der Waals surface area contributed by atoms with E-state index in [1.807, 2.05) is 20.8 Å². The third-order valence-corrected chi connectivity index (χ3v) is 3.30. The number of nitrogens with one attached hydrogen (secondary N) is 1. The molecule has 1 aromatic carbocycles. The van der Waals surface area contributed by atoms with E-state index in [1.54, 1.807) is 19.2 Å². The molecule has 0 saturated heterocycles. The summed E-state index contributed by atoms with van der Waals surface area (Å²) in [5.41, 5.74) is 4.33. The van der Waals surface area contributed by atoms with E-state index < -0.39 is 5.60 Å². The summed E-state index contributed by atoms with van der Waals surface area (Å²) in [7, 11) is 1.64. The SMILES string of the molecule is COC(C)(C)C(Cc1cc(F)ccc1C)NN. The van der Waals surface area contributed by atoms with Crippen LogP contribution in [0.5, 0.6) is 0 Å². The van der Waals surface area contributed by atoms with Crippen molar-refractivity contribution in [1.29, 1.82) is 0 Å². The average molecular weight is 240 g/mol. The molecular formula is C13H21FN2O. The molecule has 1 rings (SSSR count). The molecule has 1 atom stereocenters. The molecule has 0 aliphatic carbocycles. The van der Waals surface area contributed by atoms with Crippen LogP contribution in [0.3, 0.4) is 0 Å². The van der Waals surface area contributed by atoms with Gasteiger partial charge < -0.3 is 4.74 Å². The van der Waals surface area contributed by atoms with Crippen LogP contribution in [0.15, 0.2) is 18.2 Å². The van der Waals surface area contributed by atoms with Crippen LogP contribution in [-0.2, 0) is 11.2 Å². The maximum atomic E-state index is 13.2. The highest BCUT2D eigenvalue weighted by Crippen LogP contribution is 2.20. The number of benzene rings is 1. The zero-order valence-corrected chi connectivity index (χ0v) is 10.9. The van der Waals surface area contributed by atoms with Gasteiger partial charge in [0.1, 0.15) is 5.82 Å². The molecule has 3 nitrogen and oxygen atoms in total. The molecule has 0 fully saturated rings. The summed E-state index contributed by atoms with van der Waals surface area (Å²) in [4.78, 5) is 0. The van der Waals surface area contributed by atoms with E-state index in [0.29, 0.717) is 6.42 Å². The maximum Gasteiger partial charge on any atom is 0.123 e. The number of ether oxygens (including phenoxy) is 1. The molecule has 0 spiro atoms. The van der Waals surface area contributed by atoms with Crippen molar-refractivity contribution >= 4 is 0 Å². The van der Waals surface area contributed by atoms with E-state index in [9.17, 15) is 4.39 Å². The second-order valence-corrected chi connectivity index (χ2v) is 4.80. The average Bonchev–Trinajstić information content (AvgIpc) is 2.30. The molecular weight excluding hydrogens is 219 g/mol. The lowest BCUT2D eigenvalue weighted by atomic mass is 9.91. The Bertz CT molecular complexity index is 380. The van der Waals surface area contributed by atoms with Crippen molar-refractivity contribution in [3.05, 3.63) is 35.1 Å². The van der Waals surface area contributed by atoms with Crippen molar-refractivity contribution in [2.45, 2.75) is 38.8 Å². The Kier molecular flexibility index (Phi) is 4.62. The summed E-state index contributed by atoms with van der Waals surface area (Å²) in [6.45, 7) is 5.86. The lowest BCUT2D eigenvalue weighted by Gasteiger charge is -2.33. The quantitative estimate of drug-likeness (QED) is 0.610. The second kappa shape index (κ2) is 5.58. The first-order chi connectivity index (χ1) is 7.90. The first kappa shape index (κ1) is 14.1. The number of hydrogen-bond donors (Lipinski definition) is 2. The van der Waals surface area contributed by atoms with Gasteiger partial charge in [-0.1, -0.05) is 6.07 Å². The molecule has 0 aliphatic heterocycles. The monoisotopic (exact) mass is 240 g/mol. The molecule has 1 unspecified atom stereocenters. The van der Waals surface area contributed by atoms with Gasteiger partial charge in [0, 0.05) is 7.11 Å². The second-order valence-electron chi connectivity index (χ2n) is 4.80. The number of nitrogens with two attached hydrogens (primary N) is 1. The molecule has 0 radical (unpaired) electrons. The van der Waals surface area contributed by atoms with Gasteiger partial charge in [0.15, 0.2) is 0 Å². The van der Waals surface area contributed by atoms with Crippen LogP contribution in [0.2, 0.25) is 0 Å². The minimum absolute atomic E-state index is 0.0759. The van der Waals surface area contributed by atoms with E-state index in [2.05, 4.69) is 5.43 Å². The van der Waals surface area contributed by atoms with Crippen molar-refractivity contribution in [3.63, 3.8) is 0 Å². The molecule has 0 aliphatic rings. The molecule has 1 aromatic rings. The third-order valence-electron chi connectivity index (χ3n) is 3.30. The van der Waals surface area contributed by atoms with Gasteiger partial charge in [-0.3, -0.25) is 11.3 Å². The van der Waals surface area contributed by atoms with E-state index in [1.165, 1.54) is 6.07 Å². The van der Waals surface area contributed by atoms with Crippen LogP contribution >= 0.6 is 0 Å². The van der Waals surface area contributed by atoms with Gasteiger partial charge in [-0.25, -0.2) is 4.39 Å². The lowest BCUT2D eigenvalue weighted by Crippen LogP contribution is -2.52. The molecule has 96 valence electrons. The third kappa shape index (κ3) is 3.49. The van der Waals surface area contributed by atoms with Gasteiger partial charge in [-0.05, 0) is 50.5 Å². The Hall–Kier alpha value is -0.970. The van der Waals surface area contributed by atoms with Gasteiger partial charge in [-0.2, -0.15) is 0 Å². The van der Waals surface area contributed by atoms with Crippen LogP contribution < -0.4 is 11.3 Å². The van der Waals surface area contributed by atoms with Crippen LogP contribution in [0.4, 0.5) is 4.39 Å². The predicted octanol–water partition coefficient (Wildman–Crippen LogP) is 1.93. The van der Waals surface area contributed by atoms with E-state index in [0.717, 1.165) is 11.1 Å². The Labute approximate surface area is 102 Å². The molecule has 17 heavy (non-hydrogen) atoms. The fraction of sp³-hybridized carbons (Fsp3) is 0.538. The molecule has 0 bridgehead atoms. The number of hydrogen-bond acceptors (Lipinski definition) is 3. The van der Waals surface area contributed by atoms with Gasteiger partial charge in [0.2, 0.25) is 0 Å². The Morgan fingerprint density at radius 2 is 2.12 bits per heavy atom. The zero-order chi connectivity index (χ0) is 13.1. The smallest absolute Gasteiger partial charge is 0.123 e. The van der Waals surface area contributed by atoms with Crippen LogP contribution in [0.25, 0.3) is 0 Å². The maximum absolute atomic E-state index is 13.2. The Morgan fingerprint density at radius 1 is 1.47 bits per heavy atom. The fourth-order valence-electron chi connectivity index (χ4n) is 1.73. The van der Waals surface area contributed by atoms with Crippen molar-refractivity contribution in [3.8, 4) is 0 Å². The van der Waals surface area contributed by atoms with Gasteiger partial charge >= 0.3 is 0 Å². The summed E-state index contributed by atoms with van der Waals surface area (Å²) >= 11 is 0. The highest BCUT2D eigenvalue weighted by molar-refractivity contribution is 5.27. The minimum Gasteiger partial charge on any atom is -0.377 e. The Morgan fingerprint density at radius 3 is 2.65 bits per heavy atom. The first-order valence-corrected chi connectivity index (χ1v) is 5.67. The number of methoxy groups -OCH3 is 1. The van der Waals surface area contributed by atoms with Crippen LogP contribution in [0, 0.1) is 12.7 Å².